The zero-order valence-electron chi connectivity index (χ0n) is 12.5. The van der Waals surface area contributed by atoms with Crippen molar-refractivity contribution in [1.82, 2.24) is 5.32 Å². The number of nitrogens with one attached hydrogen (secondary N) is 1. The maximum absolute atomic E-state index is 9.22. The summed E-state index contributed by atoms with van der Waals surface area (Å²) in [5, 5.41) is 16.1. The van der Waals surface area contributed by atoms with E-state index in [0.29, 0.717) is 0 Å². The van der Waals surface area contributed by atoms with Gasteiger partial charge in [-0.3, -0.25) is 0 Å². The second-order valence-corrected chi connectivity index (χ2v) is 3.73. The van der Waals surface area contributed by atoms with Gasteiger partial charge in [-0.1, -0.05) is 52.2 Å². The average Bonchev–Trinajstić information content (AvgIpc) is 2.28. The van der Waals surface area contributed by atoms with Gasteiger partial charge in [-0.2, -0.15) is 0 Å². The number of aliphatic hydroxyl groups excluding tert-OH is 1. The molecule has 98 valence electrons. The first-order valence-electron chi connectivity index (χ1n) is 6.32. The average molecular weight is 268 g/mol. The van der Waals surface area contributed by atoms with Crippen molar-refractivity contribution in [2.45, 2.75) is 65.8 Å². The van der Waals surface area contributed by atoms with E-state index in [-0.39, 0.29) is 57.4 Å². The molecule has 0 fully saturated rings. The predicted octanol–water partition coefficient (Wildman–Crippen LogP) is 0.411. The van der Waals surface area contributed by atoms with Crippen molar-refractivity contribution in [2.24, 2.45) is 0 Å². The van der Waals surface area contributed by atoms with E-state index in [1.807, 2.05) is 13.0 Å². The van der Waals surface area contributed by atoms with Gasteiger partial charge in [-0.25, -0.2) is 0 Å². The molecule has 0 radical (unpaired) electrons. The maximum atomic E-state index is 9.22. The summed E-state index contributed by atoms with van der Waals surface area (Å²) in [7, 11) is 1.70. The molecule has 0 saturated heterocycles. The third kappa shape index (κ3) is 19.8. The van der Waals surface area contributed by atoms with Gasteiger partial charge in [0.25, 0.3) is 0 Å². The van der Waals surface area contributed by atoms with E-state index in [4.69, 9.17) is 0 Å². The van der Waals surface area contributed by atoms with E-state index >= 15 is 0 Å². The Morgan fingerprint density at radius 2 is 1.82 bits per heavy atom. The van der Waals surface area contributed by atoms with Crippen LogP contribution in [0.2, 0.25) is 0 Å². The van der Waals surface area contributed by atoms with E-state index in [9.17, 15) is 5.11 Å². The van der Waals surface area contributed by atoms with Crippen molar-refractivity contribution in [3.05, 3.63) is 17.5 Å². The third-order valence-corrected chi connectivity index (χ3v) is 1.98. The normalized spacial score (nSPS) is 13.5. The molecule has 0 aliphatic carbocycles. The quantitative estimate of drug-likeness (QED) is 0.399. The van der Waals surface area contributed by atoms with Gasteiger partial charge in [-0.05, 0) is 20.4 Å². The Hall–Kier alpha value is 1.26. The Morgan fingerprint density at radius 1 is 1.29 bits per heavy atom. The number of rotatable bonds is 7. The number of hydrogen-bond acceptors (Lipinski definition) is 2. The molecule has 2 unspecified atom stereocenters. The molecule has 2 N–H and O–H groups in total. The SMILES string of the molecule is C/C=C\CCC(CC)[N-]C(O)NC.CCC.[K+]. The second kappa shape index (κ2) is 19.6. The van der Waals surface area contributed by atoms with Crippen LogP contribution in [0.4, 0.5) is 0 Å². The molecule has 2 atom stereocenters. The van der Waals surface area contributed by atoms with E-state index in [1.54, 1.807) is 7.05 Å². The molecule has 0 aliphatic heterocycles. The number of hydrogen-bond donors (Lipinski definition) is 2. The van der Waals surface area contributed by atoms with Gasteiger partial charge in [0.05, 0.1) is 0 Å². The first-order valence-corrected chi connectivity index (χ1v) is 6.32. The van der Waals surface area contributed by atoms with Crippen LogP contribution in [-0.2, 0) is 0 Å². The first-order chi connectivity index (χ1) is 7.65. The van der Waals surface area contributed by atoms with Crippen molar-refractivity contribution in [3.8, 4) is 0 Å². The van der Waals surface area contributed by atoms with Gasteiger partial charge < -0.3 is 15.7 Å². The van der Waals surface area contributed by atoms with Crippen molar-refractivity contribution in [3.63, 3.8) is 0 Å². The summed E-state index contributed by atoms with van der Waals surface area (Å²) < 4.78 is 0. The molecule has 0 spiro atoms. The van der Waals surface area contributed by atoms with Crippen LogP contribution in [0.5, 0.6) is 0 Å². The van der Waals surface area contributed by atoms with E-state index < -0.39 is 6.35 Å². The smallest absolute Gasteiger partial charge is 0.621 e. The summed E-state index contributed by atoms with van der Waals surface area (Å²) in [6, 6.07) is 0.263. The molecule has 4 heteroatoms. The van der Waals surface area contributed by atoms with Gasteiger partial charge in [0, 0.05) is 6.35 Å². The van der Waals surface area contributed by atoms with E-state index in [1.165, 1.54) is 6.42 Å². The minimum Gasteiger partial charge on any atom is -0.621 e. The second-order valence-electron chi connectivity index (χ2n) is 3.73. The van der Waals surface area contributed by atoms with Crippen LogP contribution in [0, 0.1) is 0 Å². The molecule has 0 aliphatic rings. The van der Waals surface area contributed by atoms with Gasteiger partial charge in [-0.15, -0.1) is 6.04 Å². The van der Waals surface area contributed by atoms with Crippen molar-refractivity contribution in [1.29, 1.82) is 0 Å². The Bertz CT molecular complexity index is 154. The van der Waals surface area contributed by atoms with Crippen LogP contribution < -0.4 is 56.7 Å². The van der Waals surface area contributed by atoms with Crippen LogP contribution in [-0.4, -0.2) is 24.5 Å². The number of nitrogens with zero attached hydrogens (tertiary/aromatic N) is 1. The molecule has 0 bridgehead atoms. The van der Waals surface area contributed by atoms with Crippen LogP contribution in [0.15, 0.2) is 12.2 Å². The standard InChI is InChI=1S/C10H21N2O.C3H8.K/c1-4-6-7-8-9(5-2)12-10(13)11-3;1-3-2;/h4,6,9-11,13H,5,7-8H2,1-3H3;3H2,1-2H3;/q-1;;+1/b6-4-;;. The predicted molar refractivity (Wildman–Crippen MR) is 72.5 cm³/mol. The molecule has 0 amide bonds. The monoisotopic (exact) mass is 268 g/mol. The van der Waals surface area contributed by atoms with Gasteiger partial charge in [0.2, 0.25) is 0 Å². The fraction of sp³-hybridized carbons (Fsp3) is 0.846. The fourth-order valence-electron chi connectivity index (χ4n) is 1.11. The first kappa shape index (κ1) is 23.4. The van der Waals surface area contributed by atoms with Gasteiger partial charge >= 0.3 is 51.4 Å². The Labute approximate surface area is 150 Å². The number of allylic oxidation sites excluding steroid dienone is 2. The van der Waals surface area contributed by atoms with Crippen molar-refractivity contribution < 1.29 is 56.5 Å². The van der Waals surface area contributed by atoms with Gasteiger partial charge in [0.1, 0.15) is 0 Å². The summed E-state index contributed by atoms with van der Waals surface area (Å²) in [5.74, 6) is 0. The van der Waals surface area contributed by atoms with Crippen molar-refractivity contribution >= 4 is 0 Å². The molecule has 0 aromatic carbocycles. The third-order valence-electron chi connectivity index (χ3n) is 1.98. The molecule has 0 heterocycles. The zero-order valence-corrected chi connectivity index (χ0v) is 15.7. The largest absolute Gasteiger partial charge is 1.00 e. The molecular weight excluding hydrogens is 239 g/mol. The molecule has 3 nitrogen and oxygen atoms in total. The summed E-state index contributed by atoms with van der Waals surface area (Å²) in [4.78, 5) is 0. The zero-order chi connectivity index (χ0) is 12.8. The Morgan fingerprint density at radius 3 is 2.18 bits per heavy atom. The van der Waals surface area contributed by atoms with Gasteiger partial charge in [0.15, 0.2) is 0 Å². The number of aliphatic hydroxyl groups is 1. The minimum absolute atomic E-state index is 0. The fourth-order valence-corrected chi connectivity index (χ4v) is 1.11. The Balaban J connectivity index is -0.000000440. The van der Waals surface area contributed by atoms with E-state index in [2.05, 4.69) is 37.5 Å². The molecule has 0 saturated carbocycles. The molecule has 0 aromatic heterocycles. The van der Waals surface area contributed by atoms with Crippen LogP contribution in [0.1, 0.15) is 53.4 Å². The van der Waals surface area contributed by atoms with Crippen LogP contribution >= 0.6 is 0 Å². The summed E-state index contributed by atoms with van der Waals surface area (Å²) in [6.07, 6.45) is 7.74. The van der Waals surface area contributed by atoms with Crippen molar-refractivity contribution in [2.75, 3.05) is 7.05 Å². The Kier molecular flexibility index (Phi) is 26.9. The molecular formula is C13H29KN2O. The topological polar surface area (TPSA) is 46.4 Å². The summed E-state index contributed by atoms with van der Waals surface area (Å²) in [5.41, 5.74) is 0. The molecule has 0 aromatic rings. The minimum atomic E-state index is -0.712. The molecule has 17 heavy (non-hydrogen) atoms. The van der Waals surface area contributed by atoms with E-state index in [0.717, 1.165) is 19.3 Å². The van der Waals surface area contributed by atoms with Crippen LogP contribution in [0.25, 0.3) is 5.32 Å². The van der Waals surface area contributed by atoms with Crippen LogP contribution in [0.3, 0.4) is 0 Å². The molecule has 0 rings (SSSR count). The summed E-state index contributed by atoms with van der Waals surface area (Å²) in [6.45, 7) is 8.35. The maximum Gasteiger partial charge on any atom is 1.00 e. The summed E-state index contributed by atoms with van der Waals surface area (Å²) >= 11 is 0.